The van der Waals surface area contributed by atoms with Gasteiger partial charge in [0, 0.05) is 44.1 Å². The number of aromatic nitrogens is 3. The summed E-state index contributed by atoms with van der Waals surface area (Å²) in [6.07, 6.45) is 5.78. The molecule has 2 aromatic heterocycles. The van der Waals surface area contributed by atoms with Crippen molar-refractivity contribution in [3.8, 4) is 0 Å². The lowest BCUT2D eigenvalue weighted by Gasteiger charge is -2.22. The van der Waals surface area contributed by atoms with Gasteiger partial charge in [-0.2, -0.15) is 0 Å². The van der Waals surface area contributed by atoms with Gasteiger partial charge in [0.05, 0.1) is 4.92 Å². The van der Waals surface area contributed by atoms with Crippen molar-refractivity contribution in [3.63, 3.8) is 0 Å². The summed E-state index contributed by atoms with van der Waals surface area (Å²) in [4.78, 5) is 27.6. The number of nitrogens with zero attached hydrogens (tertiary/aromatic N) is 6. The number of aryl methyl sites for hydroxylation is 1. The van der Waals surface area contributed by atoms with Gasteiger partial charge in [-0.15, -0.1) is 0 Å². The number of hydrogen-bond donors (Lipinski definition) is 0. The zero-order valence-electron chi connectivity index (χ0n) is 12.9. The first kappa shape index (κ1) is 15.1. The highest BCUT2D eigenvalue weighted by atomic mass is 16.6. The van der Waals surface area contributed by atoms with Crippen molar-refractivity contribution in [1.82, 2.24) is 15.0 Å². The number of nitro groups is 1. The highest BCUT2D eigenvalue weighted by Gasteiger charge is 2.19. The third-order valence-electron chi connectivity index (χ3n) is 3.92. The van der Waals surface area contributed by atoms with Gasteiger partial charge >= 0.3 is 0 Å². The Morgan fingerprint density at radius 1 is 1.09 bits per heavy atom. The quantitative estimate of drug-likeness (QED) is 0.630. The predicted octanol–water partition coefficient (Wildman–Crippen LogP) is 1.80. The van der Waals surface area contributed by atoms with Crippen LogP contribution in [0.25, 0.3) is 0 Å². The number of hydrogen-bond acceptors (Lipinski definition) is 7. The lowest BCUT2D eigenvalue weighted by Crippen LogP contribution is -2.32. The van der Waals surface area contributed by atoms with Crippen molar-refractivity contribution < 1.29 is 4.92 Å². The van der Waals surface area contributed by atoms with Crippen LogP contribution < -0.4 is 9.80 Å². The van der Waals surface area contributed by atoms with E-state index < -0.39 is 4.92 Å². The van der Waals surface area contributed by atoms with E-state index in [2.05, 4.69) is 24.8 Å². The normalized spacial score (nSPS) is 15.3. The van der Waals surface area contributed by atoms with Crippen LogP contribution in [0.2, 0.25) is 0 Å². The van der Waals surface area contributed by atoms with Crippen LogP contribution in [0.1, 0.15) is 12.0 Å². The van der Waals surface area contributed by atoms with Gasteiger partial charge in [-0.05, 0) is 25.5 Å². The highest BCUT2D eigenvalue weighted by Crippen LogP contribution is 2.22. The second-order valence-corrected chi connectivity index (χ2v) is 5.46. The third-order valence-corrected chi connectivity index (χ3v) is 3.92. The molecular formula is C15H18N6O2. The summed E-state index contributed by atoms with van der Waals surface area (Å²) in [6, 6.07) is 3.59. The smallest absolute Gasteiger partial charge is 0.290 e. The molecule has 0 aromatic carbocycles. The van der Waals surface area contributed by atoms with Crippen molar-refractivity contribution >= 4 is 17.5 Å². The topological polar surface area (TPSA) is 88.3 Å². The molecule has 1 aliphatic rings. The molecule has 120 valence electrons. The lowest BCUT2D eigenvalue weighted by molar-refractivity contribution is -0.385. The Bertz CT molecular complexity index is 694. The predicted molar refractivity (Wildman–Crippen MR) is 86.7 cm³/mol. The van der Waals surface area contributed by atoms with Crippen LogP contribution in [0.15, 0.2) is 30.7 Å². The fourth-order valence-corrected chi connectivity index (χ4v) is 2.70. The van der Waals surface area contributed by atoms with Gasteiger partial charge in [0.25, 0.3) is 5.69 Å². The van der Waals surface area contributed by atoms with E-state index in [1.165, 1.54) is 6.20 Å². The molecule has 0 atom stereocenters. The maximum atomic E-state index is 10.9. The van der Waals surface area contributed by atoms with Gasteiger partial charge in [0.1, 0.15) is 12.0 Å². The average molecular weight is 314 g/mol. The van der Waals surface area contributed by atoms with Gasteiger partial charge in [0.2, 0.25) is 5.95 Å². The van der Waals surface area contributed by atoms with Gasteiger partial charge in [-0.1, -0.05) is 0 Å². The molecule has 0 bridgehead atoms. The minimum atomic E-state index is -0.400. The Kier molecular flexibility index (Phi) is 4.31. The summed E-state index contributed by atoms with van der Waals surface area (Å²) in [5.41, 5.74) is 0.690. The van der Waals surface area contributed by atoms with E-state index in [0.717, 1.165) is 44.4 Å². The number of anilines is 2. The molecule has 1 saturated heterocycles. The number of pyridine rings is 1. The molecule has 1 aliphatic heterocycles. The molecule has 0 aliphatic carbocycles. The Balaban J connectivity index is 1.73. The molecule has 1 fully saturated rings. The molecular weight excluding hydrogens is 296 g/mol. The van der Waals surface area contributed by atoms with Crippen LogP contribution in [-0.2, 0) is 0 Å². The Morgan fingerprint density at radius 2 is 1.78 bits per heavy atom. The minimum Gasteiger partial charge on any atom is -0.355 e. The highest BCUT2D eigenvalue weighted by molar-refractivity contribution is 5.49. The molecule has 2 aromatic rings. The first-order valence-corrected chi connectivity index (χ1v) is 7.53. The van der Waals surface area contributed by atoms with Crippen LogP contribution in [0.4, 0.5) is 17.5 Å². The van der Waals surface area contributed by atoms with E-state index >= 15 is 0 Å². The summed E-state index contributed by atoms with van der Waals surface area (Å²) in [5.74, 6) is 1.52. The van der Waals surface area contributed by atoms with E-state index in [-0.39, 0.29) is 5.69 Å². The molecule has 0 unspecified atom stereocenters. The Labute approximate surface area is 134 Å². The van der Waals surface area contributed by atoms with E-state index in [0.29, 0.717) is 5.56 Å². The minimum absolute atomic E-state index is 0.0582. The van der Waals surface area contributed by atoms with Crippen molar-refractivity contribution in [3.05, 3.63) is 46.4 Å². The molecule has 3 heterocycles. The van der Waals surface area contributed by atoms with E-state index in [9.17, 15) is 10.1 Å². The fourth-order valence-electron chi connectivity index (χ4n) is 2.70. The summed E-state index contributed by atoms with van der Waals surface area (Å²) in [7, 11) is 0. The van der Waals surface area contributed by atoms with Crippen molar-refractivity contribution in [1.29, 1.82) is 0 Å². The average Bonchev–Trinajstić information content (AvgIpc) is 2.81. The molecule has 0 amide bonds. The van der Waals surface area contributed by atoms with Crippen molar-refractivity contribution in [2.45, 2.75) is 13.3 Å². The summed E-state index contributed by atoms with van der Waals surface area (Å²) >= 11 is 0. The van der Waals surface area contributed by atoms with Gasteiger partial charge in [-0.25, -0.2) is 15.0 Å². The maximum absolute atomic E-state index is 10.9. The van der Waals surface area contributed by atoms with Gasteiger partial charge in [0.15, 0.2) is 0 Å². The van der Waals surface area contributed by atoms with Crippen molar-refractivity contribution in [2.75, 3.05) is 36.0 Å². The number of rotatable bonds is 3. The van der Waals surface area contributed by atoms with E-state index in [4.69, 9.17) is 0 Å². The summed E-state index contributed by atoms with van der Waals surface area (Å²) in [6.45, 7) is 5.05. The summed E-state index contributed by atoms with van der Waals surface area (Å²) in [5, 5.41) is 10.9. The molecule has 8 heteroatoms. The van der Waals surface area contributed by atoms with Crippen LogP contribution in [0.3, 0.4) is 0 Å². The maximum Gasteiger partial charge on any atom is 0.290 e. The van der Waals surface area contributed by atoms with Gasteiger partial charge in [-0.3, -0.25) is 10.1 Å². The molecule has 0 radical (unpaired) electrons. The van der Waals surface area contributed by atoms with E-state index in [1.807, 2.05) is 0 Å². The monoisotopic (exact) mass is 314 g/mol. The first-order valence-electron chi connectivity index (χ1n) is 7.53. The molecule has 0 N–H and O–H groups in total. The van der Waals surface area contributed by atoms with Crippen LogP contribution in [0.5, 0.6) is 0 Å². The molecule has 23 heavy (non-hydrogen) atoms. The molecule has 3 rings (SSSR count). The third kappa shape index (κ3) is 3.36. The van der Waals surface area contributed by atoms with Crippen molar-refractivity contribution in [2.24, 2.45) is 0 Å². The van der Waals surface area contributed by atoms with Crippen LogP contribution in [-0.4, -0.2) is 46.1 Å². The van der Waals surface area contributed by atoms with E-state index in [1.54, 1.807) is 31.5 Å². The second-order valence-electron chi connectivity index (χ2n) is 5.46. The molecule has 0 spiro atoms. The standard InChI is InChI=1S/C15H18N6O2/c1-12-10-14(18-11-13(12)21(22)23)19-6-3-7-20(9-8-19)15-16-4-2-5-17-15/h2,4-5,10-11H,3,6-9H2,1H3. The zero-order chi connectivity index (χ0) is 16.2. The largest absolute Gasteiger partial charge is 0.355 e. The Hall–Kier alpha value is -2.77. The van der Waals surface area contributed by atoms with Crippen LogP contribution in [0, 0.1) is 17.0 Å². The fraction of sp³-hybridized carbons (Fsp3) is 0.400. The molecule has 0 saturated carbocycles. The van der Waals surface area contributed by atoms with Crippen LogP contribution >= 0.6 is 0 Å². The summed E-state index contributed by atoms with van der Waals surface area (Å²) < 4.78 is 0. The Morgan fingerprint density at radius 3 is 2.48 bits per heavy atom. The zero-order valence-corrected chi connectivity index (χ0v) is 12.9. The first-order chi connectivity index (χ1) is 11.1. The molecule has 8 nitrogen and oxygen atoms in total. The SMILES string of the molecule is Cc1cc(N2CCCN(c3ncccn3)CC2)ncc1[N+](=O)[O-]. The second kappa shape index (κ2) is 6.55. The lowest BCUT2D eigenvalue weighted by atomic mass is 10.2. The van der Waals surface area contributed by atoms with Gasteiger partial charge < -0.3 is 9.80 Å².